The summed E-state index contributed by atoms with van der Waals surface area (Å²) in [4.78, 5) is 27.1. The Morgan fingerprint density at radius 3 is 1.85 bits per heavy atom. The summed E-state index contributed by atoms with van der Waals surface area (Å²) in [6.45, 7) is 10.6. The highest BCUT2D eigenvalue weighted by Crippen LogP contribution is 2.44. The van der Waals surface area contributed by atoms with E-state index in [4.69, 9.17) is 9.47 Å². The number of sulfonamides is 1. The normalized spacial score (nSPS) is 15.2. The van der Waals surface area contributed by atoms with Gasteiger partial charge in [-0.2, -0.15) is 4.31 Å². The Morgan fingerprint density at radius 2 is 1.35 bits per heavy atom. The van der Waals surface area contributed by atoms with Gasteiger partial charge in [-0.1, -0.05) is 66.2 Å². The predicted octanol–water partition coefficient (Wildman–Crippen LogP) is 6.97. The number of carbonyl (C=O) groups excluding carboxylic acids is 2. The van der Waals surface area contributed by atoms with Gasteiger partial charge in [-0.05, 0) is 88.8 Å². The molecule has 1 amide bonds. The van der Waals surface area contributed by atoms with Gasteiger partial charge in [0.1, 0.15) is 11.6 Å². The summed E-state index contributed by atoms with van der Waals surface area (Å²) >= 11 is 0. The molecule has 7 nitrogen and oxygen atoms in total. The molecular weight excluding hydrogens is 526 g/mol. The zero-order valence-electron chi connectivity index (χ0n) is 23.9. The van der Waals surface area contributed by atoms with Gasteiger partial charge < -0.3 is 9.47 Å². The van der Waals surface area contributed by atoms with Crippen LogP contribution in [0.3, 0.4) is 0 Å². The van der Waals surface area contributed by atoms with E-state index in [-0.39, 0.29) is 10.8 Å². The molecule has 0 N–H and O–H groups in total. The van der Waals surface area contributed by atoms with E-state index in [0.717, 1.165) is 21.0 Å². The second kappa shape index (κ2) is 11.5. The number of aryl methyl sites for hydroxylation is 3. The number of nitrogens with zero attached hydrogens (tertiary/aromatic N) is 1. The lowest BCUT2D eigenvalue weighted by atomic mass is 9.90. The van der Waals surface area contributed by atoms with Crippen molar-refractivity contribution in [1.29, 1.82) is 0 Å². The second-order valence-corrected chi connectivity index (χ2v) is 13.2. The monoisotopic (exact) mass is 563 g/mol. The molecule has 1 saturated carbocycles. The average Bonchev–Trinajstić information content (AvgIpc) is 3.72. The van der Waals surface area contributed by atoms with Crippen LogP contribution in [0.4, 0.5) is 4.79 Å². The van der Waals surface area contributed by atoms with Crippen molar-refractivity contribution >= 4 is 22.1 Å². The van der Waals surface area contributed by atoms with E-state index in [1.54, 1.807) is 51.1 Å². The maximum Gasteiger partial charge on any atom is 0.425 e. The largest absolute Gasteiger partial charge is 0.455 e. The van der Waals surface area contributed by atoms with E-state index in [0.29, 0.717) is 24.0 Å². The standard InChI is InChI=1S/C32H37NO6S/c1-21-15-19-25(20-16-21)40(36,37)33(31(35)39-32(4,5)6)28(26-13-9-7-11-22(26)2)29(38-30(34)24-17-18-24)27-14-10-8-12-23(27)3/h7-16,19-20,24,28-29H,17-18H2,1-6H3/t28-,29+/m1/s1. The van der Waals surface area contributed by atoms with Gasteiger partial charge >= 0.3 is 12.1 Å². The van der Waals surface area contributed by atoms with Crippen molar-refractivity contribution < 1.29 is 27.5 Å². The molecule has 1 fully saturated rings. The first-order chi connectivity index (χ1) is 18.8. The van der Waals surface area contributed by atoms with E-state index < -0.39 is 39.8 Å². The molecule has 0 radical (unpaired) electrons. The van der Waals surface area contributed by atoms with Crippen molar-refractivity contribution in [3.8, 4) is 0 Å². The highest BCUT2D eigenvalue weighted by Gasteiger charge is 2.47. The number of hydrogen-bond acceptors (Lipinski definition) is 6. The predicted molar refractivity (Wildman–Crippen MR) is 153 cm³/mol. The number of amides is 1. The van der Waals surface area contributed by atoms with Gasteiger partial charge in [0.25, 0.3) is 10.0 Å². The average molecular weight is 564 g/mol. The molecule has 0 heterocycles. The molecule has 0 aliphatic heterocycles. The summed E-state index contributed by atoms with van der Waals surface area (Å²) in [7, 11) is -4.49. The van der Waals surface area contributed by atoms with Crippen LogP contribution in [0.15, 0.2) is 77.7 Å². The molecule has 212 valence electrons. The zero-order valence-corrected chi connectivity index (χ0v) is 24.7. The highest BCUT2D eigenvalue weighted by molar-refractivity contribution is 7.89. The third kappa shape index (κ3) is 6.55. The number of esters is 1. The van der Waals surface area contributed by atoms with Crippen LogP contribution >= 0.6 is 0 Å². The topological polar surface area (TPSA) is 90.0 Å². The molecule has 1 aliphatic rings. The number of ether oxygens (including phenoxy) is 2. The molecule has 0 bridgehead atoms. The van der Waals surface area contributed by atoms with Crippen LogP contribution in [-0.2, 0) is 24.3 Å². The molecule has 0 saturated heterocycles. The van der Waals surface area contributed by atoms with Crippen molar-refractivity contribution in [2.45, 2.75) is 77.0 Å². The van der Waals surface area contributed by atoms with Crippen LogP contribution in [-0.4, -0.2) is 30.4 Å². The maximum atomic E-state index is 14.4. The molecule has 3 aromatic carbocycles. The molecule has 0 unspecified atom stereocenters. The first-order valence-corrected chi connectivity index (χ1v) is 14.9. The summed E-state index contributed by atoms with van der Waals surface area (Å²) < 4.78 is 41.5. The van der Waals surface area contributed by atoms with Crippen LogP contribution in [0.1, 0.15) is 73.6 Å². The second-order valence-electron chi connectivity index (χ2n) is 11.4. The smallest absolute Gasteiger partial charge is 0.425 e. The van der Waals surface area contributed by atoms with Gasteiger partial charge in [0, 0.05) is 0 Å². The van der Waals surface area contributed by atoms with Gasteiger partial charge in [0.15, 0.2) is 6.10 Å². The van der Waals surface area contributed by atoms with Crippen molar-refractivity contribution in [1.82, 2.24) is 4.31 Å². The quantitative estimate of drug-likeness (QED) is 0.275. The van der Waals surface area contributed by atoms with E-state index in [1.165, 1.54) is 12.1 Å². The Kier molecular flexibility index (Phi) is 8.40. The van der Waals surface area contributed by atoms with Crippen molar-refractivity contribution in [3.63, 3.8) is 0 Å². The SMILES string of the molecule is Cc1ccc(S(=O)(=O)N(C(=O)OC(C)(C)C)[C@H](c2ccccc2C)[C@@H](OC(=O)C2CC2)c2ccccc2C)cc1. The zero-order chi connectivity index (χ0) is 29.2. The Balaban J connectivity index is 2.01. The maximum absolute atomic E-state index is 14.4. The summed E-state index contributed by atoms with van der Waals surface area (Å²) in [5.74, 6) is -0.656. The van der Waals surface area contributed by atoms with Gasteiger partial charge in [-0.3, -0.25) is 4.79 Å². The fourth-order valence-electron chi connectivity index (χ4n) is 4.57. The van der Waals surface area contributed by atoms with E-state index in [1.807, 2.05) is 51.1 Å². The fourth-order valence-corrected chi connectivity index (χ4v) is 6.03. The molecule has 3 aromatic rings. The summed E-state index contributed by atoms with van der Waals surface area (Å²) in [6, 6.07) is 19.6. The third-order valence-electron chi connectivity index (χ3n) is 6.85. The van der Waals surface area contributed by atoms with Crippen molar-refractivity contribution in [3.05, 3.63) is 101 Å². The number of hydrogen-bond donors (Lipinski definition) is 0. The Labute approximate surface area is 237 Å². The minimum atomic E-state index is -4.49. The lowest BCUT2D eigenvalue weighted by Crippen LogP contribution is -2.46. The molecule has 8 heteroatoms. The molecule has 4 rings (SSSR count). The van der Waals surface area contributed by atoms with Gasteiger partial charge in [0.05, 0.1) is 10.8 Å². The lowest BCUT2D eigenvalue weighted by Gasteiger charge is -2.38. The fraction of sp³-hybridized carbons (Fsp3) is 0.375. The molecular formula is C32H37NO6S. The van der Waals surface area contributed by atoms with Crippen molar-refractivity contribution in [2.24, 2.45) is 5.92 Å². The molecule has 1 aliphatic carbocycles. The number of rotatable bonds is 8. The van der Waals surface area contributed by atoms with E-state index >= 15 is 0 Å². The van der Waals surface area contributed by atoms with E-state index in [2.05, 4.69) is 0 Å². The third-order valence-corrected chi connectivity index (χ3v) is 8.61. The summed E-state index contributed by atoms with van der Waals surface area (Å²) in [5.41, 5.74) is 2.55. The molecule has 0 spiro atoms. The van der Waals surface area contributed by atoms with Crippen LogP contribution in [0, 0.1) is 26.7 Å². The van der Waals surface area contributed by atoms with Gasteiger partial charge in [0.2, 0.25) is 0 Å². The summed E-state index contributed by atoms with van der Waals surface area (Å²) in [6.07, 6.45) is -0.747. The minimum Gasteiger partial charge on any atom is -0.455 e. The van der Waals surface area contributed by atoms with Gasteiger partial charge in [-0.25, -0.2) is 13.2 Å². The minimum absolute atomic E-state index is 0.0698. The first-order valence-electron chi connectivity index (χ1n) is 13.5. The molecule has 0 aromatic heterocycles. The summed E-state index contributed by atoms with van der Waals surface area (Å²) in [5, 5.41) is 0. The van der Waals surface area contributed by atoms with Gasteiger partial charge in [-0.15, -0.1) is 0 Å². The van der Waals surface area contributed by atoms with Crippen LogP contribution < -0.4 is 0 Å². The number of carbonyl (C=O) groups is 2. The first kappa shape index (κ1) is 29.3. The van der Waals surface area contributed by atoms with E-state index in [9.17, 15) is 18.0 Å². The van der Waals surface area contributed by atoms with Crippen LogP contribution in [0.25, 0.3) is 0 Å². The number of benzene rings is 3. The van der Waals surface area contributed by atoms with Crippen LogP contribution in [0.5, 0.6) is 0 Å². The molecule has 40 heavy (non-hydrogen) atoms. The Bertz CT molecular complexity index is 1490. The Hall–Kier alpha value is -3.65. The molecule has 2 atom stereocenters. The lowest BCUT2D eigenvalue weighted by molar-refractivity contribution is -0.154. The highest BCUT2D eigenvalue weighted by atomic mass is 32.2. The Morgan fingerprint density at radius 1 is 0.825 bits per heavy atom. The van der Waals surface area contributed by atoms with Crippen LogP contribution in [0.2, 0.25) is 0 Å². The van der Waals surface area contributed by atoms with Crippen molar-refractivity contribution in [2.75, 3.05) is 0 Å².